The molecule has 1 fully saturated rings. The van der Waals surface area contributed by atoms with Crippen molar-refractivity contribution >= 4 is 5.84 Å². The molecule has 0 saturated carbocycles. The molecule has 1 heterocycles. The highest BCUT2D eigenvalue weighted by Crippen LogP contribution is 2.36. The lowest BCUT2D eigenvalue weighted by Crippen LogP contribution is -2.29. The molecule has 0 aliphatic carbocycles. The Balaban J connectivity index is 2.36. The molecule has 0 aromatic heterocycles. The van der Waals surface area contributed by atoms with Gasteiger partial charge in [-0.2, -0.15) is 0 Å². The SMILES string of the molecule is CCC1(CC)CCN(CCC(=N)N)C1. The van der Waals surface area contributed by atoms with Crippen LogP contribution in [0.1, 0.15) is 39.5 Å². The maximum absolute atomic E-state index is 7.20. The van der Waals surface area contributed by atoms with E-state index in [0.29, 0.717) is 11.3 Å². The van der Waals surface area contributed by atoms with Crippen LogP contribution in [0.15, 0.2) is 0 Å². The normalized spacial score (nSPS) is 21.3. The molecule has 14 heavy (non-hydrogen) atoms. The van der Waals surface area contributed by atoms with E-state index >= 15 is 0 Å². The van der Waals surface area contributed by atoms with E-state index in [1.165, 1.54) is 32.4 Å². The van der Waals surface area contributed by atoms with E-state index in [0.717, 1.165) is 13.0 Å². The predicted octanol–water partition coefficient (Wildman–Crippen LogP) is 1.82. The molecule has 0 unspecified atom stereocenters. The predicted molar refractivity (Wildman–Crippen MR) is 60.6 cm³/mol. The number of likely N-dealkylation sites (tertiary alicyclic amines) is 1. The van der Waals surface area contributed by atoms with E-state index in [2.05, 4.69) is 18.7 Å². The number of nitrogens with zero attached hydrogens (tertiary/aromatic N) is 1. The van der Waals surface area contributed by atoms with Gasteiger partial charge in [-0.05, 0) is 31.2 Å². The quantitative estimate of drug-likeness (QED) is 0.522. The fourth-order valence-corrected chi connectivity index (χ4v) is 2.32. The smallest absolute Gasteiger partial charge is 0.0918 e. The van der Waals surface area contributed by atoms with Crippen LogP contribution in [0.5, 0.6) is 0 Å². The summed E-state index contributed by atoms with van der Waals surface area (Å²) in [5, 5.41) is 7.20. The van der Waals surface area contributed by atoms with Crippen molar-refractivity contribution in [1.29, 1.82) is 5.41 Å². The second-order valence-corrected chi connectivity index (χ2v) is 4.51. The fraction of sp³-hybridized carbons (Fsp3) is 0.909. The van der Waals surface area contributed by atoms with Crippen molar-refractivity contribution in [2.24, 2.45) is 11.1 Å². The first-order chi connectivity index (χ1) is 6.62. The third kappa shape index (κ3) is 2.71. The number of hydrogen-bond acceptors (Lipinski definition) is 2. The van der Waals surface area contributed by atoms with Gasteiger partial charge in [-0.3, -0.25) is 5.41 Å². The molecule has 0 aromatic rings. The molecule has 3 N–H and O–H groups in total. The Bertz CT molecular complexity index is 197. The zero-order valence-corrected chi connectivity index (χ0v) is 9.47. The average molecular weight is 197 g/mol. The van der Waals surface area contributed by atoms with Crippen LogP contribution >= 0.6 is 0 Å². The van der Waals surface area contributed by atoms with Gasteiger partial charge in [-0.15, -0.1) is 0 Å². The Morgan fingerprint density at radius 2 is 2.07 bits per heavy atom. The molecule has 1 aliphatic heterocycles. The molecular formula is C11H23N3. The van der Waals surface area contributed by atoms with Crippen LogP contribution in [-0.4, -0.2) is 30.4 Å². The van der Waals surface area contributed by atoms with Gasteiger partial charge >= 0.3 is 0 Å². The standard InChI is InChI=1S/C11H23N3/c1-3-11(4-2)6-8-14(9-11)7-5-10(12)13/h3-9H2,1-2H3,(H3,12,13). The van der Waals surface area contributed by atoms with Crippen LogP contribution in [0, 0.1) is 10.8 Å². The summed E-state index contributed by atoms with van der Waals surface area (Å²) in [6, 6.07) is 0. The third-order valence-electron chi connectivity index (χ3n) is 3.71. The van der Waals surface area contributed by atoms with Crippen molar-refractivity contribution in [1.82, 2.24) is 4.90 Å². The van der Waals surface area contributed by atoms with Gasteiger partial charge in [0.15, 0.2) is 0 Å². The molecule has 1 saturated heterocycles. The van der Waals surface area contributed by atoms with E-state index < -0.39 is 0 Å². The van der Waals surface area contributed by atoms with E-state index in [1.807, 2.05) is 0 Å². The first-order valence-corrected chi connectivity index (χ1v) is 5.67. The van der Waals surface area contributed by atoms with Gasteiger partial charge in [0.05, 0.1) is 5.84 Å². The molecule has 82 valence electrons. The summed E-state index contributed by atoms with van der Waals surface area (Å²) in [6.07, 6.45) is 4.60. The maximum atomic E-state index is 7.20. The Morgan fingerprint density at radius 1 is 1.43 bits per heavy atom. The largest absolute Gasteiger partial charge is 0.388 e. The lowest BCUT2D eigenvalue weighted by Gasteiger charge is -2.26. The van der Waals surface area contributed by atoms with E-state index in [4.69, 9.17) is 11.1 Å². The molecule has 0 atom stereocenters. The molecule has 3 heteroatoms. The van der Waals surface area contributed by atoms with Crippen molar-refractivity contribution in [2.45, 2.75) is 39.5 Å². The Kier molecular flexibility index (Phi) is 3.93. The zero-order chi connectivity index (χ0) is 10.6. The number of rotatable bonds is 5. The summed E-state index contributed by atoms with van der Waals surface area (Å²) in [5.41, 5.74) is 5.91. The van der Waals surface area contributed by atoms with Gasteiger partial charge in [-0.25, -0.2) is 0 Å². The highest BCUT2D eigenvalue weighted by molar-refractivity contribution is 5.76. The summed E-state index contributed by atoms with van der Waals surface area (Å²) in [7, 11) is 0. The van der Waals surface area contributed by atoms with Crippen molar-refractivity contribution in [2.75, 3.05) is 19.6 Å². The molecule has 0 bridgehead atoms. The Morgan fingerprint density at radius 3 is 2.50 bits per heavy atom. The number of amidine groups is 1. The van der Waals surface area contributed by atoms with Gasteiger partial charge in [0.25, 0.3) is 0 Å². The molecule has 0 radical (unpaired) electrons. The van der Waals surface area contributed by atoms with Crippen LogP contribution in [-0.2, 0) is 0 Å². The zero-order valence-electron chi connectivity index (χ0n) is 9.47. The maximum Gasteiger partial charge on any atom is 0.0918 e. The first-order valence-electron chi connectivity index (χ1n) is 5.67. The van der Waals surface area contributed by atoms with Crippen LogP contribution in [0.3, 0.4) is 0 Å². The van der Waals surface area contributed by atoms with Gasteiger partial charge in [0.1, 0.15) is 0 Å². The Hall–Kier alpha value is -0.570. The molecule has 0 spiro atoms. The summed E-state index contributed by atoms with van der Waals surface area (Å²) in [4.78, 5) is 2.45. The van der Waals surface area contributed by atoms with Crippen molar-refractivity contribution in [3.8, 4) is 0 Å². The van der Waals surface area contributed by atoms with Crippen molar-refractivity contribution in [3.05, 3.63) is 0 Å². The van der Waals surface area contributed by atoms with E-state index in [-0.39, 0.29) is 0 Å². The van der Waals surface area contributed by atoms with Crippen LogP contribution < -0.4 is 5.73 Å². The molecule has 1 aliphatic rings. The molecule has 1 rings (SSSR count). The van der Waals surface area contributed by atoms with Gasteiger partial charge in [0.2, 0.25) is 0 Å². The molecule has 0 amide bonds. The van der Waals surface area contributed by atoms with E-state index in [9.17, 15) is 0 Å². The number of hydrogen-bond donors (Lipinski definition) is 2. The van der Waals surface area contributed by atoms with Crippen molar-refractivity contribution < 1.29 is 0 Å². The van der Waals surface area contributed by atoms with Gasteiger partial charge in [0, 0.05) is 19.5 Å². The van der Waals surface area contributed by atoms with Crippen LogP contribution in [0.2, 0.25) is 0 Å². The number of nitrogens with one attached hydrogen (secondary N) is 1. The molecular weight excluding hydrogens is 174 g/mol. The summed E-state index contributed by atoms with van der Waals surface area (Å²) < 4.78 is 0. The van der Waals surface area contributed by atoms with Gasteiger partial charge in [-0.1, -0.05) is 13.8 Å². The molecule has 3 nitrogen and oxygen atoms in total. The summed E-state index contributed by atoms with van der Waals surface area (Å²) in [5.74, 6) is 0.315. The third-order valence-corrected chi connectivity index (χ3v) is 3.71. The monoisotopic (exact) mass is 197 g/mol. The second-order valence-electron chi connectivity index (χ2n) is 4.51. The molecule has 0 aromatic carbocycles. The van der Waals surface area contributed by atoms with E-state index in [1.54, 1.807) is 0 Å². The topological polar surface area (TPSA) is 53.1 Å². The average Bonchev–Trinajstić information content (AvgIpc) is 2.59. The minimum Gasteiger partial charge on any atom is -0.388 e. The minimum absolute atomic E-state index is 0.315. The highest BCUT2D eigenvalue weighted by atomic mass is 15.2. The van der Waals surface area contributed by atoms with Crippen LogP contribution in [0.4, 0.5) is 0 Å². The number of nitrogens with two attached hydrogens (primary N) is 1. The summed E-state index contributed by atoms with van der Waals surface area (Å²) in [6.45, 7) is 7.94. The highest BCUT2D eigenvalue weighted by Gasteiger charge is 2.34. The van der Waals surface area contributed by atoms with Gasteiger partial charge < -0.3 is 10.6 Å². The van der Waals surface area contributed by atoms with Crippen LogP contribution in [0.25, 0.3) is 0 Å². The first kappa shape index (κ1) is 11.5. The fourth-order valence-electron chi connectivity index (χ4n) is 2.32. The van der Waals surface area contributed by atoms with Crippen molar-refractivity contribution in [3.63, 3.8) is 0 Å². The summed E-state index contributed by atoms with van der Waals surface area (Å²) >= 11 is 0. The second kappa shape index (κ2) is 4.78. The Labute approximate surface area is 87.2 Å². The lowest BCUT2D eigenvalue weighted by atomic mass is 9.82. The lowest BCUT2D eigenvalue weighted by molar-refractivity contribution is 0.243. The minimum atomic E-state index is 0.315.